The lowest BCUT2D eigenvalue weighted by Gasteiger charge is -2.37. The number of alkyl halides is 3. The Morgan fingerprint density at radius 3 is 2.58 bits per heavy atom. The Kier molecular flexibility index (Phi) is 4.20. The Morgan fingerprint density at radius 1 is 1.16 bits per heavy atom. The van der Waals surface area contributed by atoms with Crippen LogP contribution in [0.15, 0.2) is 18.2 Å². The average molecular weight is 440 g/mol. The van der Waals surface area contributed by atoms with Gasteiger partial charge in [0.25, 0.3) is 0 Å². The van der Waals surface area contributed by atoms with Crippen molar-refractivity contribution in [3.05, 3.63) is 41.1 Å². The Balaban J connectivity index is 1.65. The summed E-state index contributed by atoms with van der Waals surface area (Å²) in [6.45, 7) is 3.40. The van der Waals surface area contributed by atoms with E-state index in [0.717, 1.165) is 17.5 Å². The number of pyridine rings is 1. The summed E-state index contributed by atoms with van der Waals surface area (Å²) >= 11 is 0. The van der Waals surface area contributed by atoms with E-state index < -0.39 is 34.8 Å². The summed E-state index contributed by atoms with van der Waals surface area (Å²) in [7, 11) is 0. The third kappa shape index (κ3) is 3.01. The predicted molar refractivity (Wildman–Crippen MR) is 100 cm³/mol. The van der Waals surface area contributed by atoms with Crippen LogP contribution in [0.4, 0.5) is 27.8 Å². The zero-order chi connectivity index (χ0) is 22.1. The molecule has 2 aromatic heterocycles. The topological polar surface area (TPSA) is 63.4 Å². The molecule has 0 atom stereocenters. The van der Waals surface area contributed by atoms with E-state index in [-0.39, 0.29) is 11.1 Å². The van der Waals surface area contributed by atoms with Crippen LogP contribution < -0.4 is 4.90 Å². The van der Waals surface area contributed by atoms with Gasteiger partial charge >= 0.3 is 6.18 Å². The van der Waals surface area contributed by atoms with Crippen molar-refractivity contribution in [3.63, 3.8) is 0 Å². The van der Waals surface area contributed by atoms with Gasteiger partial charge in [-0.1, -0.05) is 0 Å². The summed E-state index contributed by atoms with van der Waals surface area (Å²) in [5.74, 6) is -4.64. The van der Waals surface area contributed by atoms with Crippen molar-refractivity contribution in [3.8, 4) is 11.4 Å². The molecule has 3 aromatic rings. The van der Waals surface area contributed by atoms with Crippen molar-refractivity contribution in [2.45, 2.75) is 31.5 Å². The molecule has 2 fully saturated rings. The van der Waals surface area contributed by atoms with Crippen LogP contribution in [0.25, 0.3) is 16.7 Å². The number of halogens is 5. The van der Waals surface area contributed by atoms with Crippen molar-refractivity contribution >= 4 is 16.9 Å². The monoisotopic (exact) mass is 440 g/mol. The maximum absolute atomic E-state index is 14.6. The van der Waals surface area contributed by atoms with Crippen LogP contribution in [0.1, 0.15) is 24.1 Å². The zero-order valence-electron chi connectivity index (χ0n) is 16.3. The highest BCUT2D eigenvalue weighted by Crippen LogP contribution is 2.46. The number of phenolic OH excluding ortho intramolecular Hbond substituents is 1. The summed E-state index contributed by atoms with van der Waals surface area (Å²) in [6.07, 6.45) is -3.17. The molecule has 1 spiro atoms. The third-order valence-electron chi connectivity index (χ3n) is 5.88. The van der Waals surface area contributed by atoms with Gasteiger partial charge in [0.2, 0.25) is 0 Å². The fraction of sp³-hybridized carbons (Fsp3) is 0.400. The predicted octanol–water partition coefficient (Wildman–Crippen LogP) is 4.10. The second-order valence-corrected chi connectivity index (χ2v) is 7.88. The van der Waals surface area contributed by atoms with Gasteiger partial charge in [0.15, 0.2) is 17.4 Å². The number of hydrogen-bond acceptors (Lipinski definition) is 5. The van der Waals surface area contributed by atoms with Gasteiger partial charge in [-0.2, -0.15) is 18.3 Å². The number of ether oxygens (including phenoxy) is 1. The van der Waals surface area contributed by atoms with Crippen LogP contribution in [0.3, 0.4) is 0 Å². The molecule has 164 valence electrons. The molecular formula is C20H17F5N4O2. The molecule has 1 N–H and O–H groups in total. The molecule has 5 rings (SSSR count). The molecule has 3 heterocycles. The first-order valence-electron chi connectivity index (χ1n) is 9.63. The fourth-order valence-corrected chi connectivity index (χ4v) is 4.08. The van der Waals surface area contributed by atoms with E-state index in [9.17, 15) is 27.1 Å². The van der Waals surface area contributed by atoms with E-state index in [2.05, 4.69) is 15.0 Å². The normalized spacial score (nSPS) is 18.2. The second kappa shape index (κ2) is 6.52. The lowest BCUT2D eigenvalue weighted by atomic mass is 10.1. The molecule has 1 aliphatic heterocycles. The fourth-order valence-electron chi connectivity index (χ4n) is 4.08. The quantitative estimate of drug-likeness (QED) is 0.608. The number of nitrogens with zero attached hydrogens (tertiary/aromatic N) is 4. The van der Waals surface area contributed by atoms with Crippen LogP contribution in [0.5, 0.6) is 5.75 Å². The van der Waals surface area contributed by atoms with E-state index in [4.69, 9.17) is 4.74 Å². The largest absolute Gasteiger partial charge is 0.503 e. The first kappa shape index (κ1) is 20.0. The van der Waals surface area contributed by atoms with Gasteiger partial charge < -0.3 is 14.7 Å². The minimum atomic E-state index is -5.12. The lowest BCUT2D eigenvalue weighted by molar-refractivity contribution is -0.140. The SMILES string of the molecule is Cc1nn(-c2cc(C(F)(F)F)c(F)c(O)c2F)c2ccc(N3CCOCC34CC4)nc12. The van der Waals surface area contributed by atoms with Crippen molar-refractivity contribution in [2.75, 3.05) is 24.7 Å². The van der Waals surface area contributed by atoms with E-state index >= 15 is 0 Å². The number of morpholine rings is 1. The highest BCUT2D eigenvalue weighted by atomic mass is 19.4. The van der Waals surface area contributed by atoms with Crippen molar-refractivity contribution in [1.82, 2.24) is 14.8 Å². The molecule has 11 heteroatoms. The first-order valence-corrected chi connectivity index (χ1v) is 9.63. The summed E-state index contributed by atoms with van der Waals surface area (Å²) in [4.78, 5) is 6.78. The summed E-state index contributed by atoms with van der Waals surface area (Å²) < 4.78 is 74.4. The highest BCUT2D eigenvalue weighted by Gasteiger charge is 2.50. The standard InChI is InChI=1S/C20H17F5N4O2/c1-10-17-12(2-3-14(26-17)28-6-7-31-9-19(28)4-5-19)29(27-10)13-8-11(20(23,24)25)15(21)18(30)16(13)22/h2-3,8,30H,4-7,9H2,1H3. The highest BCUT2D eigenvalue weighted by molar-refractivity contribution is 5.81. The lowest BCUT2D eigenvalue weighted by Crippen LogP contribution is -2.48. The molecule has 1 aromatic carbocycles. The molecule has 1 saturated carbocycles. The van der Waals surface area contributed by atoms with Crippen molar-refractivity contribution < 1.29 is 31.8 Å². The maximum Gasteiger partial charge on any atom is 0.419 e. The van der Waals surface area contributed by atoms with Gasteiger partial charge in [-0.05, 0) is 38.0 Å². The average Bonchev–Trinajstić information content (AvgIpc) is 3.41. The number of phenols is 1. The van der Waals surface area contributed by atoms with Crippen LogP contribution in [-0.4, -0.2) is 45.2 Å². The Labute approximate surface area is 172 Å². The van der Waals surface area contributed by atoms with Gasteiger partial charge in [-0.25, -0.2) is 18.4 Å². The van der Waals surface area contributed by atoms with Crippen molar-refractivity contribution in [2.24, 2.45) is 0 Å². The summed E-state index contributed by atoms with van der Waals surface area (Å²) in [5.41, 5.74) is -1.62. The number of hydrogen-bond donors (Lipinski definition) is 1. The van der Waals surface area contributed by atoms with E-state index in [0.29, 0.717) is 42.9 Å². The van der Waals surface area contributed by atoms with Gasteiger partial charge in [0.1, 0.15) is 17.0 Å². The Morgan fingerprint density at radius 2 is 1.90 bits per heavy atom. The Hall–Kier alpha value is -2.95. The molecular weight excluding hydrogens is 423 g/mol. The van der Waals surface area contributed by atoms with E-state index in [1.807, 2.05) is 0 Å². The molecule has 31 heavy (non-hydrogen) atoms. The Bertz CT molecular complexity index is 1200. The number of aromatic hydroxyl groups is 1. The van der Waals surface area contributed by atoms with Crippen LogP contribution in [-0.2, 0) is 10.9 Å². The summed E-state index contributed by atoms with van der Waals surface area (Å²) in [6, 6.07) is 3.57. The third-order valence-corrected chi connectivity index (χ3v) is 5.88. The number of aromatic nitrogens is 3. The minimum absolute atomic E-state index is 0.0840. The summed E-state index contributed by atoms with van der Waals surface area (Å²) in [5, 5.41) is 13.7. The zero-order valence-corrected chi connectivity index (χ0v) is 16.3. The van der Waals surface area contributed by atoms with E-state index in [1.54, 1.807) is 19.1 Å². The van der Waals surface area contributed by atoms with Crippen LogP contribution in [0.2, 0.25) is 0 Å². The number of fused-ring (bicyclic) bond motifs is 1. The number of rotatable bonds is 2. The van der Waals surface area contributed by atoms with Gasteiger partial charge in [-0.15, -0.1) is 0 Å². The van der Waals surface area contributed by atoms with Gasteiger partial charge in [0, 0.05) is 6.54 Å². The van der Waals surface area contributed by atoms with Crippen LogP contribution in [0, 0.1) is 18.6 Å². The number of benzene rings is 1. The molecule has 0 unspecified atom stereocenters. The molecule has 1 aliphatic carbocycles. The molecule has 0 radical (unpaired) electrons. The molecule has 2 aliphatic rings. The molecule has 0 bridgehead atoms. The number of aryl methyl sites for hydroxylation is 1. The van der Waals surface area contributed by atoms with Gasteiger partial charge in [-0.3, -0.25) is 0 Å². The molecule has 0 amide bonds. The maximum atomic E-state index is 14.6. The first-order chi connectivity index (χ1) is 14.6. The minimum Gasteiger partial charge on any atom is -0.503 e. The van der Waals surface area contributed by atoms with Crippen LogP contribution >= 0.6 is 0 Å². The second-order valence-electron chi connectivity index (χ2n) is 7.88. The molecule has 6 nitrogen and oxygen atoms in total. The van der Waals surface area contributed by atoms with Gasteiger partial charge in [0.05, 0.1) is 35.5 Å². The molecule has 1 saturated heterocycles. The smallest absolute Gasteiger partial charge is 0.419 e. The number of anilines is 1. The van der Waals surface area contributed by atoms with E-state index in [1.165, 1.54) is 0 Å². The van der Waals surface area contributed by atoms with Crippen molar-refractivity contribution in [1.29, 1.82) is 0 Å².